The lowest BCUT2D eigenvalue weighted by atomic mass is 10.1. The normalized spacial score (nSPS) is 13.2. The molecular weight excluding hydrogens is 388 g/mol. The van der Waals surface area contributed by atoms with E-state index >= 15 is 0 Å². The lowest BCUT2D eigenvalue weighted by Crippen LogP contribution is -2.38. The summed E-state index contributed by atoms with van der Waals surface area (Å²) in [6.45, 7) is 6.82. The summed E-state index contributed by atoms with van der Waals surface area (Å²) in [5.41, 5.74) is 1.29. The number of thioether (sulfide) groups is 1. The number of thiophene rings is 1. The maximum absolute atomic E-state index is 12.6. The molecule has 1 N–H and O–H groups in total. The number of nitrogens with one attached hydrogen (secondary N) is 1. The van der Waals surface area contributed by atoms with E-state index in [1.54, 1.807) is 11.3 Å². The Labute approximate surface area is 174 Å². The van der Waals surface area contributed by atoms with Crippen molar-refractivity contribution in [3.8, 4) is 10.7 Å². The van der Waals surface area contributed by atoms with Crippen LogP contribution in [0.1, 0.15) is 32.8 Å². The minimum absolute atomic E-state index is 0.0360. The molecule has 0 aliphatic heterocycles. The number of rotatable bonds is 9. The molecule has 1 amide bonds. The van der Waals surface area contributed by atoms with Crippen molar-refractivity contribution >= 4 is 29.0 Å². The minimum atomic E-state index is -0.232. The zero-order chi connectivity index (χ0) is 19.9. The molecule has 0 aliphatic carbocycles. The molecule has 28 heavy (non-hydrogen) atoms. The Morgan fingerprint density at radius 3 is 2.64 bits per heavy atom. The summed E-state index contributed by atoms with van der Waals surface area (Å²) >= 11 is 3.10. The van der Waals surface area contributed by atoms with Gasteiger partial charge in [0, 0.05) is 12.6 Å². The predicted molar refractivity (Wildman–Crippen MR) is 117 cm³/mol. The van der Waals surface area contributed by atoms with E-state index in [2.05, 4.69) is 46.1 Å². The number of hydrogen-bond acceptors (Lipinski definition) is 5. The molecule has 2 heterocycles. The monoisotopic (exact) mass is 414 g/mol. The number of benzene rings is 1. The number of aromatic nitrogens is 3. The highest BCUT2D eigenvalue weighted by molar-refractivity contribution is 8.00. The van der Waals surface area contributed by atoms with Gasteiger partial charge in [-0.05, 0) is 50.6 Å². The largest absolute Gasteiger partial charge is 0.353 e. The van der Waals surface area contributed by atoms with Gasteiger partial charge in [-0.3, -0.25) is 4.79 Å². The molecule has 2 aromatic heterocycles. The van der Waals surface area contributed by atoms with Gasteiger partial charge >= 0.3 is 0 Å². The molecule has 3 rings (SSSR count). The van der Waals surface area contributed by atoms with Crippen LogP contribution in [0.5, 0.6) is 0 Å². The van der Waals surface area contributed by atoms with Crippen LogP contribution in [-0.2, 0) is 17.8 Å². The van der Waals surface area contributed by atoms with Gasteiger partial charge in [0.25, 0.3) is 0 Å². The van der Waals surface area contributed by atoms with Crippen molar-refractivity contribution in [3.05, 3.63) is 53.4 Å². The molecule has 0 bridgehead atoms. The van der Waals surface area contributed by atoms with Gasteiger partial charge in [-0.1, -0.05) is 48.2 Å². The SMILES string of the molecule is CCn1c(S[C@H](C)C(=O)N[C@H](C)CCc2ccccc2)nnc1-c1cccs1. The topological polar surface area (TPSA) is 59.8 Å². The highest BCUT2D eigenvalue weighted by Gasteiger charge is 2.21. The Hall–Kier alpha value is -2.12. The summed E-state index contributed by atoms with van der Waals surface area (Å²) < 4.78 is 2.07. The first-order valence-electron chi connectivity index (χ1n) is 9.56. The third-order valence-corrected chi connectivity index (χ3v) is 6.47. The zero-order valence-electron chi connectivity index (χ0n) is 16.5. The second-order valence-corrected chi connectivity index (χ2v) is 8.98. The maximum Gasteiger partial charge on any atom is 0.233 e. The Morgan fingerprint density at radius 1 is 1.18 bits per heavy atom. The summed E-state index contributed by atoms with van der Waals surface area (Å²) in [6, 6.07) is 14.5. The third kappa shape index (κ3) is 5.23. The van der Waals surface area contributed by atoms with E-state index in [9.17, 15) is 4.79 Å². The van der Waals surface area contributed by atoms with Crippen LogP contribution in [0.3, 0.4) is 0 Å². The summed E-state index contributed by atoms with van der Waals surface area (Å²) in [6.07, 6.45) is 1.87. The second kappa shape index (κ2) is 9.89. The molecule has 5 nitrogen and oxygen atoms in total. The first-order chi connectivity index (χ1) is 13.6. The molecule has 0 fully saturated rings. The molecule has 0 unspecified atom stereocenters. The van der Waals surface area contributed by atoms with Crippen LogP contribution in [0.2, 0.25) is 0 Å². The number of amides is 1. The van der Waals surface area contributed by atoms with E-state index in [0.717, 1.165) is 35.2 Å². The summed E-state index contributed by atoms with van der Waals surface area (Å²) in [5, 5.41) is 14.4. The number of hydrogen-bond donors (Lipinski definition) is 1. The first kappa shape index (κ1) is 20.6. The molecule has 0 aliphatic rings. The van der Waals surface area contributed by atoms with Gasteiger partial charge in [0.15, 0.2) is 11.0 Å². The van der Waals surface area contributed by atoms with Crippen LogP contribution >= 0.6 is 23.1 Å². The van der Waals surface area contributed by atoms with Gasteiger partial charge < -0.3 is 9.88 Å². The van der Waals surface area contributed by atoms with Crippen molar-refractivity contribution < 1.29 is 4.79 Å². The van der Waals surface area contributed by atoms with Crippen LogP contribution in [0, 0.1) is 0 Å². The van der Waals surface area contributed by atoms with E-state index < -0.39 is 0 Å². The molecule has 0 radical (unpaired) electrons. The quantitative estimate of drug-likeness (QED) is 0.518. The highest BCUT2D eigenvalue weighted by atomic mass is 32.2. The minimum Gasteiger partial charge on any atom is -0.353 e. The molecule has 1 aromatic carbocycles. The van der Waals surface area contributed by atoms with E-state index in [-0.39, 0.29) is 17.2 Å². The smallest absolute Gasteiger partial charge is 0.233 e. The predicted octanol–water partition coefficient (Wildman–Crippen LogP) is 4.64. The highest BCUT2D eigenvalue weighted by Crippen LogP contribution is 2.29. The maximum atomic E-state index is 12.6. The van der Waals surface area contributed by atoms with Gasteiger partial charge in [-0.15, -0.1) is 21.5 Å². The molecule has 7 heteroatoms. The summed E-state index contributed by atoms with van der Waals surface area (Å²) in [4.78, 5) is 13.7. The van der Waals surface area contributed by atoms with Crippen molar-refractivity contribution in [2.45, 2.75) is 56.6 Å². The third-order valence-electron chi connectivity index (χ3n) is 4.52. The fraction of sp³-hybridized carbons (Fsp3) is 0.381. The van der Waals surface area contributed by atoms with E-state index in [1.807, 2.05) is 42.6 Å². The lowest BCUT2D eigenvalue weighted by Gasteiger charge is -2.17. The van der Waals surface area contributed by atoms with E-state index in [1.165, 1.54) is 17.3 Å². The van der Waals surface area contributed by atoms with Crippen molar-refractivity contribution in [3.63, 3.8) is 0 Å². The molecular formula is C21H26N4OS2. The van der Waals surface area contributed by atoms with Crippen molar-refractivity contribution in [2.75, 3.05) is 0 Å². The first-order valence-corrected chi connectivity index (χ1v) is 11.3. The Bertz CT molecular complexity index is 877. The molecule has 148 valence electrons. The van der Waals surface area contributed by atoms with Crippen LogP contribution < -0.4 is 5.32 Å². The van der Waals surface area contributed by atoms with E-state index in [0.29, 0.717) is 0 Å². The lowest BCUT2D eigenvalue weighted by molar-refractivity contribution is -0.120. The number of carbonyl (C=O) groups is 1. The van der Waals surface area contributed by atoms with Crippen LogP contribution in [-0.4, -0.2) is 32.0 Å². The molecule has 0 saturated heterocycles. The summed E-state index contributed by atoms with van der Waals surface area (Å²) in [7, 11) is 0. The molecule has 2 atom stereocenters. The zero-order valence-corrected chi connectivity index (χ0v) is 18.1. The van der Waals surface area contributed by atoms with Gasteiger partial charge in [-0.25, -0.2) is 0 Å². The second-order valence-electron chi connectivity index (χ2n) is 6.72. The molecule has 0 spiro atoms. The fourth-order valence-electron chi connectivity index (χ4n) is 2.92. The fourth-order valence-corrected chi connectivity index (χ4v) is 4.56. The molecule has 3 aromatic rings. The summed E-state index contributed by atoms with van der Waals surface area (Å²) in [5.74, 6) is 0.901. The average Bonchev–Trinajstić information content (AvgIpc) is 3.36. The van der Waals surface area contributed by atoms with Crippen LogP contribution in [0.25, 0.3) is 10.7 Å². The number of aryl methyl sites for hydroxylation is 1. The Kier molecular flexibility index (Phi) is 7.28. The Morgan fingerprint density at radius 2 is 1.96 bits per heavy atom. The number of nitrogens with zero attached hydrogens (tertiary/aromatic N) is 3. The average molecular weight is 415 g/mol. The van der Waals surface area contributed by atoms with E-state index in [4.69, 9.17) is 0 Å². The van der Waals surface area contributed by atoms with Gasteiger partial charge in [-0.2, -0.15) is 0 Å². The van der Waals surface area contributed by atoms with Crippen LogP contribution in [0.15, 0.2) is 53.0 Å². The van der Waals surface area contributed by atoms with Gasteiger partial charge in [0.2, 0.25) is 5.91 Å². The van der Waals surface area contributed by atoms with Crippen molar-refractivity contribution in [1.82, 2.24) is 20.1 Å². The molecule has 0 saturated carbocycles. The Balaban J connectivity index is 1.55. The number of carbonyl (C=O) groups excluding carboxylic acids is 1. The van der Waals surface area contributed by atoms with Crippen molar-refractivity contribution in [1.29, 1.82) is 0 Å². The van der Waals surface area contributed by atoms with Gasteiger partial charge in [0.1, 0.15) is 0 Å². The van der Waals surface area contributed by atoms with Crippen molar-refractivity contribution in [2.24, 2.45) is 0 Å². The van der Waals surface area contributed by atoms with Gasteiger partial charge in [0.05, 0.1) is 10.1 Å². The standard InChI is InChI=1S/C21H26N4OS2/c1-4-25-19(18-11-8-14-27-18)23-24-21(25)28-16(3)20(26)22-15(2)12-13-17-9-6-5-7-10-17/h5-11,14-16H,4,12-13H2,1-3H3,(H,22,26)/t15-,16-/m1/s1. The van der Waals surface area contributed by atoms with Crippen LogP contribution in [0.4, 0.5) is 0 Å².